The van der Waals surface area contributed by atoms with Gasteiger partial charge in [0.15, 0.2) is 0 Å². The Hall–Kier alpha value is -3.08. The third-order valence-electron chi connectivity index (χ3n) is 5.24. The Morgan fingerprint density at radius 2 is 2.00 bits per heavy atom. The number of fused-ring (bicyclic) bond motifs is 6. The summed E-state index contributed by atoms with van der Waals surface area (Å²) in [6.45, 7) is 0.685. The number of hydrogen-bond donors (Lipinski definition) is 1. The van der Waals surface area contributed by atoms with Crippen LogP contribution < -0.4 is 14.9 Å². The van der Waals surface area contributed by atoms with Crippen LogP contribution in [0, 0.1) is 0 Å². The van der Waals surface area contributed by atoms with E-state index in [2.05, 4.69) is 15.6 Å². The predicted molar refractivity (Wildman–Crippen MR) is 96.9 cm³/mol. The van der Waals surface area contributed by atoms with E-state index in [0.717, 1.165) is 40.1 Å². The Kier molecular flexibility index (Phi) is 2.83. The number of nitrogens with zero attached hydrogens (tertiary/aromatic N) is 2. The van der Waals surface area contributed by atoms with Gasteiger partial charge in [-0.1, -0.05) is 12.1 Å². The number of H-pyrrole nitrogens is 1. The van der Waals surface area contributed by atoms with Gasteiger partial charge in [0.05, 0.1) is 20.7 Å². The van der Waals surface area contributed by atoms with E-state index >= 15 is 0 Å². The average molecular weight is 332 g/mol. The maximum Gasteiger partial charge on any atom is 0.345 e. The first-order chi connectivity index (χ1) is 12.2. The minimum absolute atomic E-state index is 0.0746. The van der Waals surface area contributed by atoms with E-state index < -0.39 is 0 Å². The summed E-state index contributed by atoms with van der Waals surface area (Å²) in [4.78, 5) is 16.5. The summed E-state index contributed by atoms with van der Waals surface area (Å²) in [5, 5.41) is 1.93. The molecule has 3 heterocycles. The SMILES string of the molecule is COc1ccc2[nH]c3c(c2c1)CCn1c-3[n+](C)c2ccccc2c1=O. The Bertz CT molecular complexity index is 1220. The summed E-state index contributed by atoms with van der Waals surface area (Å²) in [7, 11) is 3.70. The summed E-state index contributed by atoms with van der Waals surface area (Å²) in [6, 6.07) is 13.8. The van der Waals surface area contributed by atoms with Crippen molar-refractivity contribution in [2.24, 2.45) is 7.05 Å². The number of aromatic nitrogens is 3. The van der Waals surface area contributed by atoms with E-state index in [1.165, 1.54) is 10.9 Å². The molecule has 0 saturated heterocycles. The zero-order valence-corrected chi connectivity index (χ0v) is 14.2. The number of rotatable bonds is 1. The zero-order valence-electron chi connectivity index (χ0n) is 14.2. The minimum Gasteiger partial charge on any atom is -0.497 e. The van der Waals surface area contributed by atoms with Crippen molar-refractivity contribution in [2.45, 2.75) is 13.0 Å². The van der Waals surface area contributed by atoms with Crippen LogP contribution in [-0.2, 0) is 20.0 Å². The van der Waals surface area contributed by atoms with Crippen molar-refractivity contribution in [1.82, 2.24) is 9.55 Å². The summed E-state index contributed by atoms with van der Waals surface area (Å²) in [6.07, 6.45) is 0.827. The molecule has 1 aliphatic heterocycles. The Morgan fingerprint density at radius 3 is 2.84 bits per heavy atom. The molecule has 0 spiro atoms. The minimum atomic E-state index is 0.0746. The van der Waals surface area contributed by atoms with E-state index in [1.807, 2.05) is 48.0 Å². The van der Waals surface area contributed by atoms with Crippen LogP contribution in [0.1, 0.15) is 5.56 Å². The second-order valence-electron chi connectivity index (χ2n) is 6.50. The van der Waals surface area contributed by atoms with E-state index in [-0.39, 0.29) is 5.56 Å². The van der Waals surface area contributed by atoms with Crippen LogP contribution >= 0.6 is 0 Å². The number of aryl methyl sites for hydroxylation is 2. The molecule has 5 rings (SSSR count). The van der Waals surface area contributed by atoms with Crippen LogP contribution in [-0.4, -0.2) is 16.7 Å². The second-order valence-corrected chi connectivity index (χ2v) is 6.50. The molecule has 0 amide bonds. The summed E-state index contributed by atoms with van der Waals surface area (Å²) in [5.74, 6) is 1.78. The molecule has 25 heavy (non-hydrogen) atoms. The largest absolute Gasteiger partial charge is 0.497 e. The van der Waals surface area contributed by atoms with E-state index in [0.29, 0.717) is 6.54 Å². The van der Waals surface area contributed by atoms with Crippen LogP contribution in [0.3, 0.4) is 0 Å². The van der Waals surface area contributed by atoms with E-state index in [4.69, 9.17) is 4.74 Å². The number of hydrogen-bond acceptors (Lipinski definition) is 2. The van der Waals surface area contributed by atoms with Crippen LogP contribution in [0.2, 0.25) is 0 Å². The van der Waals surface area contributed by atoms with Gasteiger partial charge in [0.25, 0.3) is 0 Å². The first-order valence-corrected chi connectivity index (χ1v) is 8.39. The molecule has 4 aromatic rings. The molecule has 1 N–H and O–H groups in total. The Morgan fingerprint density at radius 1 is 1.16 bits per heavy atom. The van der Waals surface area contributed by atoms with Gasteiger partial charge in [-0.3, -0.25) is 0 Å². The third-order valence-corrected chi connectivity index (χ3v) is 5.24. The van der Waals surface area contributed by atoms with Crippen molar-refractivity contribution in [1.29, 1.82) is 0 Å². The van der Waals surface area contributed by atoms with Gasteiger partial charge in [-0.05, 0) is 35.9 Å². The summed E-state index contributed by atoms with van der Waals surface area (Å²) in [5.41, 5.74) is 4.37. The number of para-hydroxylation sites is 1. The molecular formula is C20H18N3O2+. The molecule has 0 aliphatic carbocycles. The number of nitrogens with one attached hydrogen (secondary N) is 1. The van der Waals surface area contributed by atoms with Gasteiger partial charge >= 0.3 is 11.4 Å². The summed E-state index contributed by atoms with van der Waals surface area (Å²) < 4.78 is 9.38. The third kappa shape index (κ3) is 1.83. The molecule has 1 aliphatic rings. The first kappa shape index (κ1) is 14.3. The molecule has 0 radical (unpaired) electrons. The smallest absolute Gasteiger partial charge is 0.345 e. The molecule has 124 valence electrons. The molecule has 2 aromatic heterocycles. The highest BCUT2D eigenvalue weighted by Crippen LogP contribution is 2.34. The molecule has 0 bridgehead atoms. The lowest BCUT2D eigenvalue weighted by molar-refractivity contribution is -0.638. The van der Waals surface area contributed by atoms with Crippen LogP contribution in [0.15, 0.2) is 47.3 Å². The lowest BCUT2D eigenvalue weighted by Crippen LogP contribution is -2.43. The lowest BCUT2D eigenvalue weighted by Gasteiger charge is -2.16. The predicted octanol–water partition coefficient (Wildman–Crippen LogP) is 2.54. The van der Waals surface area contributed by atoms with Gasteiger partial charge in [0.1, 0.15) is 22.3 Å². The number of aromatic amines is 1. The fourth-order valence-electron chi connectivity index (χ4n) is 4.02. The van der Waals surface area contributed by atoms with Crippen molar-refractivity contribution in [2.75, 3.05) is 7.11 Å². The molecule has 0 unspecified atom stereocenters. The zero-order chi connectivity index (χ0) is 17.1. The maximum absolute atomic E-state index is 13.0. The maximum atomic E-state index is 13.0. The molecule has 2 aromatic carbocycles. The Balaban J connectivity index is 1.91. The topological polar surface area (TPSA) is 50.9 Å². The van der Waals surface area contributed by atoms with Crippen LogP contribution in [0.25, 0.3) is 33.3 Å². The standard InChI is InChI=1S/C20H17N3O2/c1-22-17-6-4-3-5-14(17)20(24)23-10-9-13-15-11-12(25-2)7-8-16(15)21-18(13)19(22)23/h3-8,11H,9-10H2,1-2H3/p+1. The normalized spacial score (nSPS) is 13.0. The van der Waals surface area contributed by atoms with Crippen molar-refractivity contribution in [3.63, 3.8) is 0 Å². The highest BCUT2D eigenvalue weighted by Gasteiger charge is 2.31. The van der Waals surface area contributed by atoms with Crippen LogP contribution in [0.4, 0.5) is 0 Å². The molecule has 0 fully saturated rings. The summed E-state index contributed by atoms with van der Waals surface area (Å²) >= 11 is 0. The van der Waals surface area contributed by atoms with Crippen molar-refractivity contribution >= 4 is 21.8 Å². The van der Waals surface area contributed by atoms with Crippen molar-refractivity contribution in [3.8, 4) is 17.3 Å². The fourth-order valence-corrected chi connectivity index (χ4v) is 4.02. The molecule has 5 nitrogen and oxygen atoms in total. The second kappa shape index (κ2) is 4.96. The quantitative estimate of drug-likeness (QED) is 0.545. The van der Waals surface area contributed by atoms with Gasteiger partial charge in [-0.15, -0.1) is 0 Å². The highest BCUT2D eigenvalue weighted by molar-refractivity contribution is 5.91. The van der Waals surface area contributed by atoms with Gasteiger partial charge in [-0.2, -0.15) is 4.57 Å². The number of ether oxygens (including phenoxy) is 1. The average Bonchev–Trinajstić information content (AvgIpc) is 3.03. The fraction of sp³-hybridized carbons (Fsp3) is 0.200. The molecule has 5 heteroatoms. The van der Waals surface area contributed by atoms with Crippen molar-refractivity contribution in [3.05, 3.63) is 58.4 Å². The molecular weight excluding hydrogens is 314 g/mol. The van der Waals surface area contributed by atoms with Gasteiger partial charge < -0.3 is 9.72 Å². The van der Waals surface area contributed by atoms with Crippen LogP contribution in [0.5, 0.6) is 5.75 Å². The van der Waals surface area contributed by atoms with Gasteiger partial charge in [0, 0.05) is 17.3 Å². The van der Waals surface area contributed by atoms with Gasteiger partial charge in [0.2, 0.25) is 0 Å². The lowest BCUT2D eigenvalue weighted by atomic mass is 10.0. The monoisotopic (exact) mass is 332 g/mol. The van der Waals surface area contributed by atoms with E-state index in [1.54, 1.807) is 7.11 Å². The highest BCUT2D eigenvalue weighted by atomic mass is 16.5. The van der Waals surface area contributed by atoms with E-state index in [9.17, 15) is 4.79 Å². The molecule has 0 saturated carbocycles. The van der Waals surface area contributed by atoms with Crippen molar-refractivity contribution < 1.29 is 9.30 Å². The Labute approximate surface area is 144 Å². The van der Waals surface area contributed by atoms with Gasteiger partial charge in [-0.25, -0.2) is 9.36 Å². The first-order valence-electron chi connectivity index (χ1n) is 8.39. The molecule has 0 atom stereocenters. The number of benzene rings is 2. The number of methoxy groups -OCH3 is 1.